The molecule has 0 aliphatic rings. The van der Waals surface area contributed by atoms with Crippen molar-refractivity contribution in [1.29, 1.82) is 0 Å². The molecule has 2 aromatic rings. The lowest BCUT2D eigenvalue weighted by atomic mass is 10.1. The topological polar surface area (TPSA) is 136 Å². The molecule has 2 rings (SSSR count). The highest BCUT2D eigenvalue weighted by Gasteiger charge is 2.16. The summed E-state index contributed by atoms with van der Waals surface area (Å²) in [5.74, 6) is -0.300. The highest BCUT2D eigenvalue weighted by Crippen LogP contribution is 2.15. The number of fused-ring (bicyclic) bond motifs is 1. The van der Waals surface area contributed by atoms with E-state index < -0.39 is 5.56 Å². The number of nitrogen functional groups attached to an aromatic ring is 1. The Balaban J connectivity index is 1.64. The SMILES string of the molecule is CCCCCCCCCCCCCC(=O)OCC(CCO)Cn1cnc2c(=O)[nH]c(N)nc21. The Morgan fingerprint density at radius 3 is 2.39 bits per heavy atom. The zero-order valence-corrected chi connectivity index (χ0v) is 20.1. The molecule has 0 saturated heterocycles. The maximum atomic E-state index is 12.1. The van der Waals surface area contributed by atoms with Gasteiger partial charge in [0.15, 0.2) is 11.2 Å². The third-order valence-corrected chi connectivity index (χ3v) is 5.95. The molecule has 0 aromatic carbocycles. The van der Waals surface area contributed by atoms with Gasteiger partial charge in [-0.25, -0.2) is 4.98 Å². The summed E-state index contributed by atoms with van der Waals surface area (Å²) >= 11 is 0. The Bertz CT molecular complexity index is 879. The molecule has 9 nitrogen and oxygen atoms in total. The van der Waals surface area contributed by atoms with Crippen molar-refractivity contribution in [3.05, 3.63) is 16.7 Å². The molecule has 4 N–H and O–H groups in total. The van der Waals surface area contributed by atoms with E-state index in [0.29, 0.717) is 25.0 Å². The van der Waals surface area contributed by atoms with E-state index in [2.05, 4.69) is 21.9 Å². The Morgan fingerprint density at radius 2 is 1.76 bits per heavy atom. The van der Waals surface area contributed by atoms with Crippen LogP contribution in [0.1, 0.15) is 90.4 Å². The van der Waals surface area contributed by atoms with Crippen LogP contribution in [0.4, 0.5) is 5.95 Å². The molecule has 1 atom stereocenters. The summed E-state index contributed by atoms with van der Waals surface area (Å²) in [6, 6.07) is 0. The second kappa shape index (κ2) is 15.4. The molecule has 186 valence electrons. The standard InChI is InChI=1S/C24H41N5O4/c1-2-3-4-5-6-7-8-9-10-11-12-13-20(31)33-17-19(14-15-30)16-29-18-26-21-22(29)27-24(25)28-23(21)32/h18-19,30H,2-17H2,1H3,(H3,25,27,28,32). The molecule has 33 heavy (non-hydrogen) atoms. The van der Waals surface area contributed by atoms with E-state index in [9.17, 15) is 14.7 Å². The number of nitrogens with zero attached hydrogens (tertiary/aromatic N) is 3. The fraction of sp³-hybridized carbons (Fsp3) is 0.750. The van der Waals surface area contributed by atoms with Crippen LogP contribution < -0.4 is 11.3 Å². The van der Waals surface area contributed by atoms with Gasteiger partial charge in [-0.3, -0.25) is 14.6 Å². The first-order valence-electron chi connectivity index (χ1n) is 12.5. The van der Waals surface area contributed by atoms with Gasteiger partial charge in [0, 0.05) is 25.5 Å². The second-order valence-corrected chi connectivity index (χ2v) is 8.87. The Kier molecular flexibility index (Phi) is 12.5. The van der Waals surface area contributed by atoms with E-state index in [1.54, 1.807) is 4.57 Å². The Hall–Kier alpha value is -2.42. The van der Waals surface area contributed by atoms with Gasteiger partial charge >= 0.3 is 5.97 Å². The summed E-state index contributed by atoms with van der Waals surface area (Å²) in [5.41, 5.74) is 5.83. The summed E-state index contributed by atoms with van der Waals surface area (Å²) in [7, 11) is 0. The van der Waals surface area contributed by atoms with Gasteiger partial charge in [0.05, 0.1) is 12.9 Å². The average Bonchev–Trinajstić information content (AvgIpc) is 3.18. The number of rotatable bonds is 18. The minimum atomic E-state index is -0.395. The first-order valence-corrected chi connectivity index (χ1v) is 12.5. The van der Waals surface area contributed by atoms with E-state index in [-0.39, 0.29) is 36.6 Å². The number of nitrogens with one attached hydrogen (secondary N) is 1. The first-order chi connectivity index (χ1) is 16.0. The zero-order valence-electron chi connectivity index (χ0n) is 20.1. The molecule has 0 amide bonds. The molecular formula is C24H41N5O4. The van der Waals surface area contributed by atoms with Crippen LogP contribution in [0.5, 0.6) is 0 Å². The van der Waals surface area contributed by atoms with Crippen molar-refractivity contribution in [2.75, 3.05) is 18.9 Å². The Morgan fingerprint density at radius 1 is 1.12 bits per heavy atom. The Labute approximate surface area is 196 Å². The number of aromatic nitrogens is 4. The van der Waals surface area contributed by atoms with Crippen LogP contribution in [0.15, 0.2) is 11.1 Å². The van der Waals surface area contributed by atoms with Crippen LogP contribution in [0, 0.1) is 5.92 Å². The summed E-state index contributed by atoms with van der Waals surface area (Å²) in [6.07, 6.45) is 16.0. The third-order valence-electron chi connectivity index (χ3n) is 5.95. The molecule has 0 bridgehead atoms. The lowest BCUT2D eigenvalue weighted by Gasteiger charge is -2.17. The number of carbonyl (C=O) groups excluding carboxylic acids is 1. The van der Waals surface area contributed by atoms with E-state index in [4.69, 9.17) is 10.5 Å². The molecule has 2 aromatic heterocycles. The molecular weight excluding hydrogens is 422 g/mol. The summed E-state index contributed by atoms with van der Waals surface area (Å²) in [5, 5.41) is 9.39. The average molecular weight is 464 g/mol. The predicted molar refractivity (Wildman–Crippen MR) is 130 cm³/mol. The quantitative estimate of drug-likeness (QED) is 0.225. The van der Waals surface area contributed by atoms with Gasteiger partial charge in [0.2, 0.25) is 5.95 Å². The molecule has 0 radical (unpaired) electrons. The number of imidazole rings is 1. The number of aromatic amines is 1. The number of unbranched alkanes of at least 4 members (excludes halogenated alkanes) is 10. The molecule has 0 aliphatic carbocycles. The van der Waals surface area contributed by atoms with E-state index in [0.717, 1.165) is 12.8 Å². The minimum absolute atomic E-state index is 0.0198. The molecule has 2 heterocycles. The first kappa shape index (κ1) is 26.8. The van der Waals surface area contributed by atoms with Crippen LogP contribution in [0.3, 0.4) is 0 Å². The summed E-state index contributed by atoms with van der Waals surface area (Å²) < 4.78 is 7.17. The van der Waals surface area contributed by atoms with Gasteiger partial charge < -0.3 is 20.1 Å². The van der Waals surface area contributed by atoms with E-state index >= 15 is 0 Å². The molecule has 0 spiro atoms. The number of ether oxygens (including phenoxy) is 1. The zero-order chi connectivity index (χ0) is 23.9. The number of carbonyl (C=O) groups is 1. The number of esters is 1. The number of hydrogen-bond acceptors (Lipinski definition) is 7. The lowest BCUT2D eigenvalue weighted by Crippen LogP contribution is -2.21. The number of aliphatic hydroxyl groups is 1. The molecule has 0 aliphatic heterocycles. The fourth-order valence-electron chi connectivity index (χ4n) is 4.01. The number of anilines is 1. The fourth-order valence-corrected chi connectivity index (χ4v) is 4.01. The predicted octanol–water partition coefficient (Wildman–Crippen LogP) is 3.94. The second-order valence-electron chi connectivity index (χ2n) is 8.87. The smallest absolute Gasteiger partial charge is 0.305 e. The molecule has 1 unspecified atom stereocenters. The highest BCUT2D eigenvalue weighted by molar-refractivity contribution is 5.70. The van der Waals surface area contributed by atoms with Crippen molar-refractivity contribution in [2.45, 2.75) is 96.9 Å². The molecule has 0 saturated carbocycles. The van der Waals surface area contributed by atoms with E-state index in [1.165, 1.54) is 64.1 Å². The van der Waals surface area contributed by atoms with Crippen molar-refractivity contribution in [2.24, 2.45) is 5.92 Å². The van der Waals surface area contributed by atoms with Crippen LogP contribution >= 0.6 is 0 Å². The van der Waals surface area contributed by atoms with Crippen molar-refractivity contribution in [1.82, 2.24) is 19.5 Å². The number of aliphatic hydroxyl groups excluding tert-OH is 1. The normalized spacial score (nSPS) is 12.3. The van der Waals surface area contributed by atoms with Gasteiger partial charge in [0.1, 0.15) is 0 Å². The van der Waals surface area contributed by atoms with Crippen molar-refractivity contribution in [3.8, 4) is 0 Å². The van der Waals surface area contributed by atoms with Crippen LogP contribution in [-0.2, 0) is 16.1 Å². The van der Waals surface area contributed by atoms with Crippen molar-refractivity contribution < 1.29 is 14.6 Å². The van der Waals surface area contributed by atoms with Crippen molar-refractivity contribution in [3.63, 3.8) is 0 Å². The maximum Gasteiger partial charge on any atom is 0.305 e. The van der Waals surface area contributed by atoms with Crippen LogP contribution in [0.2, 0.25) is 0 Å². The van der Waals surface area contributed by atoms with Crippen LogP contribution in [-0.4, -0.2) is 43.8 Å². The molecule has 0 fully saturated rings. The van der Waals surface area contributed by atoms with Gasteiger partial charge in [-0.05, 0) is 12.8 Å². The van der Waals surface area contributed by atoms with E-state index in [1.807, 2.05) is 0 Å². The number of hydrogen-bond donors (Lipinski definition) is 3. The van der Waals surface area contributed by atoms with Gasteiger partial charge in [0.25, 0.3) is 5.56 Å². The van der Waals surface area contributed by atoms with Gasteiger partial charge in [-0.2, -0.15) is 4.98 Å². The van der Waals surface area contributed by atoms with Gasteiger partial charge in [-0.15, -0.1) is 0 Å². The third kappa shape index (κ3) is 9.94. The maximum absolute atomic E-state index is 12.1. The minimum Gasteiger partial charge on any atom is -0.465 e. The largest absolute Gasteiger partial charge is 0.465 e. The highest BCUT2D eigenvalue weighted by atomic mass is 16.5. The number of nitrogens with two attached hydrogens (primary N) is 1. The van der Waals surface area contributed by atoms with Crippen molar-refractivity contribution >= 4 is 23.1 Å². The monoisotopic (exact) mass is 463 g/mol. The summed E-state index contributed by atoms with van der Waals surface area (Å²) in [4.78, 5) is 34.7. The number of H-pyrrole nitrogens is 1. The lowest BCUT2D eigenvalue weighted by molar-refractivity contribution is -0.145. The summed E-state index contributed by atoms with van der Waals surface area (Å²) in [6.45, 7) is 2.84. The molecule has 9 heteroatoms. The van der Waals surface area contributed by atoms with Gasteiger partial charge in [-0.1, -0.05) is 71.1 Å². The van der Waals surface area contributed by atoms with Crippen LogP contribution in [0.25, 0.3) is 11.2 Å².